The van der Waals surface area contributed by atoms with Crippen LogP contribution in [0.15, 0.2) is 23.0 Å². The Bertz CT molecular complexity index is 752. The van der Waals surface area contributed by atoms with Crippen molar-refractivity contribution in [3.63, 3.8) is 0 Å². The van der Waals surface area contributed by atoms with Crippen LogP contribution in [0.4, 0.5) is 0 Å². The summed E-state index contributed by atoms with van der Waals surface area (Å²) in [5.74, 6) is 2.45. The highest BCUT2D eigenvalue weighted by molar-refractivity contribution is 7.09. The highest BCUT2D eigenvalue weighted by Crippen LogP contribution is 2.20. The van der Waals surface area contributed by atoms with E-state index in [0.29, 0.717) is 19.6 Å². The van der Waals surface area contributed by atoms with E-state index in [0.717, 1.165) is 28.3 Å². The molecule has 2 aromatic heterocycles. The average Bonchev–Trinajstić information content (AvgIpc) is 3.22. The van der Waals surface area contributed by atoms with E-state index >= 15 is 0 Å². The molecular formula is C17H27N7OS. The van der Waals surface area contributed by atoms with Crippen molar-refractivity contribution in [1.82, 2.24) is 30.0 Å². The quantitative estimate of drug-likeness (QED) is 0.431. The molecule has 8 nitrogen and oxygen atoms in total. The van der Waals surface area contributed by atoms with Crippen LogP contribution in [0.1, 0.15) is 35.4 Å². The minimum Gasteiger partial charge on any atom is -0.375 e. The van der Waals surface area contributed by atoms with E-state index in [9.17, 15) is 0 Å². The minimum absolute atomic E-state index is 0.00485. The van der Waals surface area contributed by atoms with Crippen molar-refractivity contribution >= 4 is 17.3 Å². The van der Waals surface area contributed by atoms with Gasteiger partial charge in [0.1, 0.15) is 23.5 Å². The number of guanidine groups is 1. The van der Waals surface area contributed by atoms with Crippen LogP contribution in [0.5, 0.6) is 0 Å². The molecular weight excluding hydrogens is 350 g/mol. The Morgan fingerprint density at radius 3 is 2.92 bits per heavy atom. The topological polar surface area (TPSA) is 80.5 Å². The van der Waals surface area contributed by atoms with Gasteiger partial charge in [-0.05, 0) is 13.8 Å². The van der Waals surface area contributed by atoms with Crippen molar-refractivity contribution in [1.29, 1.82) is 0 Å². The number of thiazole rings is 1. The van der Waals surface area contributed by atoms with Gasteiger partial charge in [0.2, 0.25) is 0 Å². The molecule has 26 heavy (non-hydrogen) atoms. The Morgan fingerprint density at radius 2 is 2.31 bits per heavy atom. The summed E-state index contributed by atoms with van der Waals surface area (Å²) in [5, 5.41) is 14.5. The second-order valence-electron chi connectivity index (χ2n) is 5.94. The number of methoxy groups -OCH3 is 1. The van der Waals surface area contributed by atoms with Crippen molar-refractivity contribution in [2.45, 2.75) is 33.0 Å². The standard InChI is InChI=1S/C17H27N7OS/c1-7-8-18-17(19-9-15-22-21-13(3)24(15)5)23(4)10-14-11-26-16(20-14)12(2)25-6/h7,11-12H,1,8-10H2,2-6H3,(H,18,19). The third-order valence-electron chi connectivity index (χ3n) is 3.99. The van der Waals surface area contributed by atoms with E-state index in [-0.39, 0.29) is 6.10 Å². The first-order valence-electron chi connectivity index (χ1n) is 8.38. The molecule has 0 saturated heterocycles. The molecule has 2 heterocycles. The Morgan fingerprint density at radius 1 is 1.54 bits per heavy atom. The zero-order valence-corrected chi connectivity index (χ0v) is 16.9. The molecule has 9 heteroatoms. The van der Waals surface area contributed by atoms with E-state index < -0.39 is 0 Å². The second kappa shape index (κ2) is 9.44. The lowest BCUT2D eigenvalue weighted by Crippen LogP contribution is -2.38. The largest absolute Gasteiger partial charge is 0.375 e. The SMILES string of the molecule is C=CCNC(=NCc1nnc(C)n1C)N(C)Cc1csc(C(C)OC)n1. The molecule has 1 N–H and O–H groups in total. The van der Waals surface area contributed by atoms with Gasteiger partial charge in [-0.3, -0.25) is 0 Å². The lowest BCUT2D eigenvalue weighted by atomic mass is 10.4. The lowest BCUT2D eigenvalue weighted by Gasteiger charge is -2.21. The van der Waals surface area contributed by atoms with Crippen LogP contribution in [0.25, 0.3) is 0 Å². The first-order chi connectivity index (χ1) is 12.5. The van der Waals surface area contributed by atoms with Crippen LogP contribution in [0.3, 0.4) is 0 Å². The van der Waals surface area contributed by atoms with Gasteiger partial charge in [0, 0.05) is 33.1 Å². The number of nitrogens with zero attached hydrogens (tertiary/aromatic N) is 6. The van der Waals surface area contributed by atoms with Crippen molar-refractivity contribution in [2.24, 2.45) is 12.0 Å². The summed E-state index contributed by atoms with van der Waals surface area (Å²) in [4.78, 5) is 11.3. The number of rotatable bonds is 8. The number of hydrogen-bond donors (Lipinski definition) is 1. The number of aliphatic imine (C=N–C) groups is 1. The van der Waals surface area contributed by atoms with E-state index in [1.165, 1.54) is 0 Å². The van der Waals surface area contributed by atoms with E-state index in [2.05, 4.69) is 37.4 Å². The molecule has 0 radical (unpaired) electrons. The van der Waals surface area contributed by atoms with Crippen LogP contribution in [0.2, 0.25) is 0 Å². The maximum Gasteiger partial charge on any atom is 0.194 e. The van der Waals surface area contributed by atoms with Gasteiger partial charge in [0.05, 0.1) is 12.2 Å². The molecule has 0 aliphatic rings. The summed E-state index contributed by atoms with van der Waals surface area (Å²) in [5.41, 5.74) is 0.985. The average molecular weight is 378 g/mol. The summed E-state index contributed by atoms with van der Waals surface area (Å²) >= 11 is 1.61. The summed E-state index contributed by atoms with van der Waals surface area (Å²) in [6, 6.07) is 0. The van der Waals surface area contributed by atoms with Gasteiger partial charge in [0.15, 0.2) is 11.8 Å². The second-order valence-corrected chi connectivity index (χ2v) is 6.83. The highest BCUT2D eigenvalue weighted by atomic mass is 32.1. The molecule has 0 bridgehead atoms. The van der Waals surface area contributed by atoms with Gasteiger partial charge >= 0.3 is 0 Å². The van der Waals surface area contributed by atoms with Crippen molar-refractivity contribution in [3.8, 4) is 0 Å². The first kappa shape index (κ1) is 20.1. The first-order valence-corrected chi connectivity index (χ1v) is 9.26. The maximum atomic E-state index is 5.33. The molecule has 142 valence electrons. The smallest absolute Gasteiger partial charge is 0.194 e. The molecule has 1 unspecified atom stereocenters. The van der Waals surface area contributed by atoms with E-state index in [1.54, 1.807) is 24.5 Å². The molecule has 0 saturated carbocycles. The molecule has 2 aromatic rings. The Hall–Kier alpha value is -2.26. The normalized spacial score (nSPS) is 12.9. The van der Waals surface area contributed by atoms with Gasteiger partial charge in [-0.25, -0.2) is 9.98 Å². The van der Waals surface area contributed by atoms with Gasteiger partial charge in [-0.2, -0.15) is 0 Å². The molecule has 0 aliphatic heterocycles. The number of aromatic nitrogens is 4. The number of hydrogen-bond acceptors (Lipinski definition) is 6. The molecule has 2 rings (SSSR count). The van der Waals surface area contributed by atoms with Gasteiger partial charge in [0.25, 0.3) is 0 Å². The maximum absolute atomic E-state index is 5.33. The fourth-order valence-corrected chi connectivity index (χ4v) is 3.05. The summed E-state index contributed by atoms with van der Waals surface area (Å²) in [6.07, 6.45) is 1.81. The van der Waals surface area contributed by atoms with Crippen molar-refractivity contribution in [3.05, 3.63) is 40.4 Å². The number of aryl methyl sites for hydroxylation is 1. The minimum atomic E-state index is 0.00485. The third-order valence-corrected chi connectivity index (χ3v) is 5.04. The van der Waals surface area contributed by atoms with Crippen LogP contribution in [0, 0.1) is 6.92 Å². The molecule has 0 aromatic carbocycles. The van der Waals surface area contributed by atoms with Crippen molar-refractivity contribution < 1.29 is 4.74 Å². The monoisotopic (exact) mass is 377 g/mol. The lowest BCUT2D eigenvalue weighted by molar-refractivity contribution is 0.119. The fourth-order valence-electron chi connectivity index (χ4n) is 2.21. The highest BCUT2D eigenvalue weighted by Gasteiger charge is 2.13. The van der Waals surface area contributed by atoms with Gasteiger partial charge in [-0.15, -0.1) is 28.1 Å². The Labute approximate surface area is 158 Å². The molecule has 0 aliphatic carbocycles. The molecule has 0 amide bonds. The zero-order chi connectivity index (χ0) is 19.1. The van der Waals surface area contributed by atoms with Gasteiger partial charge in [-0.1, -0.05) is 6.08 Å². The van der Waals surface area contributed by atoms with E-state index in [1.807, 2.05) is 37.4 Å². The molecule has 1 atom stereocenters. The molecule has 0 fully saturated rings. The fraction of sp³-hybridized carbons (Fsp3) is 0.529. The predicted molar refractivity (Wildman–Crippen MR) is 104 cm³/mol. The zero-order valence-electron chi connectivity index (χ0n) is 16.1. The number of ether oxygens (including phenoxy) is 1. The van der Waals surface area contributed by atoms with Crippen molar-refractivity contribution in [2.75, 3.05) is 20.7 Å². The third kappa shape index (κ3) is 5.12. The Kier molecular flexibility index (Phi) is 7.28. The Balaban J connectivity index is 2.09. The van der Waals surface area contributed by atoms with E-state index in [4.69, 9.17) is 4.74 Å². The molecule has 0 spiro atoms. The van der Waals surface area contributed by atoms with Gasteiger partial charge < -0.3 is 19.5 Å². The predicted octanol–water partition coefficient (Wildman–Crippen LogP) is 2.05. The van der Waals surface area contributed by atoms with Crippen LogP contribution in [-0.2, 0) is 24.9 Å². The summed E-state index contributed by atoms with van der Waals surface area (Å²) < 4.78 is 7.27. The summed E-state index contributed by atoms with van der Waals surface area (Å²) in [6.45, 7) is 9.40. The summed E-state index contributed by atoms with van der Waals surface area (Å²) in [7, 11) is 5.61. The van der Waals surface area contributed by atoms with Crippen LogP contribution >= 0.6 is 11.3 Å². The van der Waals surface area contributed by atoms with Crippen LogP contribution < -0.4 is 5.32 Å². The number of nitrogens with one attached hydrogen (secondary N) is 1. The van der Waals surface area contributed by atoms with Crippen LogP contribution in [-0.4, -0.2) is 51.3 Å².